The number of ether oxygens (including phenoxy) is 1. The molecule has 6 nitrogen and oxygen atoms in total. The van der Waals surface area contributed by atoms with Gasteiger partial charge < -0.3 is 4.74 Å². The van der Waals surface area contributed by atoms with Gasteiger partial charge in [0.15, 0.2) is 0 Å². The number of piperidine rings is 1. The molecule has 1 aromatic heterocycles. The average Bonchev–Trinajstić information content (AvgIpc) is 2.56. The highest BCUT2D eigenvalue weighted by molar-refractivity contribution is 7.88. The summed E-state index contributed by atoms with van der Waals surface area (Å²) in [6.07, 6.45) is 4.57. The van der Waals surface area contributed by atoms with Crippen LogP contribution in [0.4, 0.5) is 0 Å². The summed E-state index contributed by atoms with van der Waals surface area (Å²) in [5, 5.41) is 0. The van der Waals surface area contributed by atoms with Crippen molar-refractivity contribution < 1.29 is 13.2 Å². The van der Waals surface area contributed by atoms with E-state index in [1.54, 1.807) is 18.5 Å². The summed E-state index contributed by atoms with van der Waals surface area (Å²) in [6.45, 7) is 2.83. The van der Waals surface area contributed by atoms with E-state index in [0.717, 1.165) is 24.0 Å². The quantitative estimate of drug-likeness (QED) is 0.829. The van der Waals surface area contributed by atoms with Crippen LogP contribution in [0, 0.1) is 6.92 Å². The maximum Gasteiger partial charge on any atom is 0.316 e. The molecule has 1 saturated heterocycles. The van der Waals surface area contributed by atoms with Crippen LogP contribution in [0.3, 0.4) is 0 Å². The van der Waals surface area contributed by atoms with Gasteiger partial charge in [-0.1, -0.05) is 29.8 Å². The summed E-state index contributed by atoms with van der Waals surface area (Å²) in [7, 11) is -3.37. The van der Waals surface area contributed by atoms with Gasteiger partial charge in [0.25, 0.3) is 0 Å². The minimum atomic E-state index is -3.37. The predicted octanol–water partition coefficient (Wildman–Crippen LogP) is 2.16. The molecule has 0 aliphatic carbocycles. The lowest BCUT2D eigenvalue weighted by molar-refractivity contribution is 0.119. The van der Waals surface area contributed by atoms with Gasteiger partial charge in [-0.15, -0.1) is 0 Å². The van der Waals surface area contributed by atoms with Gasteiger partial charge in [-0.3, -0.25) is 0 Å². The lowest BCUT2D eigenvalue weighted by atomic mass is 10.1. The van der Waals surface area contributed by atoms with Crippen molar-refractivity contribution in [1.82, 2.24) is 14.3 Å². The van der Waals surface area contributed by atoms with Crippen molar-refractivity contribution in [1.29, 1.82) is 0 Å². The molecule has 24 heavy (non-hydrogen) atoms. The lowest BCUT2D eigenvalue weighted by Crippen LogP contribution is -2.44. The zero-order valence-corrected chi connectivity index (χ0v) is 14.4. The Morgan fingerprint density at radius 1 is 1.25 bits per heavy atom. The molecule has 128 valence electrons. The van der Waals surface area contributed by atoms with Gasteiger partial charge in [0, 0.05) is 18.9 Å². The maximum absolute atomic E-state index is 12.7. The summed E-state index contributed by atoms with van der Waals surface area (Å²) >= 11 is 0. The molecule has 0 radical (unpaired) electrons. The molecule has 1 aliphatic heterocycles. The first kappa shape index (κ1) is 16.9. The van der Waals surface area contributed by atoms with Crippen LogP contribution in [0.15, 0.2) is 42.7 Å². The minimum Gasteiger partial charge on any atom is -0.459 e. The van der Waals surface area contributed by atoms with Crippen LogP contribution in [0.2, 0.25) is 0 Å². The molecule has 1 fully saturated rings. The molecule has 0 unspecified atom stereocenters. The number of benzene rings is 1. The third kappa shape index (κ3) is 4.30. The molecule has 2 heterocycles. The van der Waals surface area contributed by atoms with Crippen LogP contribution in [-0.2, 0) is 15.8 Å². The second-order valence-electron chi connectivity index (χ2n) is 6.02. The largest absolute Gasteiger partial charge is 0.459 e. The molecular formula is C17H21N3O3S. The Morgan fingerprint density at radius 2 is 2.04 bits per heavy atom. The van der Waals surface area contributed by atoms with E-state index < -0.39 is 10.0 Å². The highest BCUT2D eigenvalue weighted by Gasteiger charge is 2.30. The number of hydrogen-bond acceptors (Lipinski definition) is 5. The topological polar surface area (TPSA) is 72.4 Å². The van der Waals surface area contributed by atoms with Crippen molar-refractivity contribution in [3.05, 3.63) is 53.9 Å². The monoisotopic (exact) mass is 347 g/mol. The molecule has 1 aromatic carbocycles. The van der Waals surface area contributed by atoms with Crippen LogP contribution in [-0.4, -0.2) is 41.9 Å². The van der Waals surface area contributed by atoms with Crippen molar-refractivity contribution in [3.63, 3.8) is 0 Å². The second kappa shape index (κ2) is 7.27. The molecular weight excluding hydrogens is 326 g/mol. The van der Waals surface area contributed by atoms with E-state index in [9.17, 15) is 8.42 Å². The fourth-order valence-corrected chi connectivity index (χ4v) is 4.44. The number of sulfonamides is 1. The fraction of sp³-hybridized carbons (Fsp3) is 0.412. The van der Waals surface area contributed by atoms with E-state index in [1.807, 2.05) is 31.2 Å². The molecule has 7 heteroatoms. The van der Waals surface area contributed by atoms with E-state index in [-0.39, 0.29) is 11.9 Å². The maximum atomic E-state index is 12.7. The van der Waals surface area contributed by atoms with Gasteiger partial charge in [0.05, 0.1) is 12.3 Å². The first-order valence-electron chi connectivity index (χ1n) is 8.00. The summed E-state index contributed by atoms with van der Waals surface area (Å²) < 4.78 is 32.6. The third-order valence-corrected chi connectivity index (χ3v) is 5.80. The number of aromatic nitrogens is 2. The number of nitrogens with zero attached hydrogens (tertiary/aromatic N) is 3. The first-order chi connectivity index (χ1) is 11.5. The van der Waals surface area contributed by atoms with Crippen molar-refractivity contribution in [2.45, 2.75) is 31.6 Å². The van der Waals surface area contributed by atoms with Crippen molar-refractivity contribution in [3.8, 4) is 6.01 Å². The normalized spacial score (nSPS) is 19.1. The first-order valence-corrected chi connectivity index (χ1v) is 9.61. The molecule has 1 atom stereocenters. The van der Waals surface area contributed by atoms with Crippen LogP contribution in [0.1, 0.15) is 24.0 Å². The van der Waals surface area contributed by atoms with Gasteiger partial charge >= 0.3 is 6.01 Å². The molecule has 0 bridgehead atoms. The molecule has 0 spiro atoms. The molecule has 0 N–H and O–H groups in total. The Hall–Kier alpha value is -1.99. The van der Waals surface area contributed by atoms with E-state index in [4.69, 9.17) is 4.74 Å². The van der Waals surface area contributed by atoms with E-state index in [0.29, 0.717) is 19.1 Å². The highest BCUT2D eigenvalue weighted by atomic mass is 32.2. The van der Waals surface area contributed by atoms with Gasteiger partial charge in [-0.05, 0) is 31.4 Å². The SMILES string of the molecule is Cc1cccc(CS(=O)(=O)N2CCC[C@@H](Oc3ncccn3)C2)c1. The van der Waals surface area contributed by atoms with Crippen molar-refractivity contribution >= 4 is 10.0 Å². The Bertz CT molecular complexity index is 781. The smallest absolute Gasteiger partial charge is 0.316 e. The van der Waals surface area contributed by atoms with E-state index >= 15 is 0 Å². The van der Waals surface area contributed by atoms with Crippen molar-refractivity contribution in [2.24, 2.45) is 0 Å². The Kier molecular flexibility index (Phi) is 5.11. The number of hydrogen-bond donors (Lipinski definition) is 0. The molecule has 0 amide bonds. The van der Waals surface area contributed by atoms with E-state index in [1.165, 1.54) is 4.31 Å². The minimum absolute atomic E-state index is 0.0171. The van der Waals surface area contributed by atoms with Gasteiger partial charge in [-0.25, -0.2) is 18.4 Å². The average molecular weight is 347 g/mol. The van der Waals surface area contributed by atoms with Crippen LogP contribution >= 0.6 is 0 Å². The van der Waals surface area contributed by atoms with Crippen molar-refractivity contribution in [2.75, 3.05) is 13.1 Å². The summed E-state index contributed by atoms with van der Waals surface area (Å²) in [4.78, 5) is 8.07. The number of aryl methyl sites for hydroxylation is 1. The summed E-state index contributed by atoms with van der Waals surface area (Å²) in [5.74, 6) is 0.0171. The van der Waals surface area contributed by atoms with Gasteiger partial charge in [0.2, 0.25) is 10.0 Å². The van der Waals surface area contributed by atoms with Gasteiger partial charge in [-0.2, -0.15) is 4.31 Å². The molecule has 3 rings (SSSR count). The Balaban J connectivity index is 1.67. The van der Waals surface area contributed by atoms with Gasteiger partial charge in [0.1, 0.15) is 6.10 Å². The zero-order valence-electron chi connectivity index (χ0n) is 13.6. The zero-order chi connectivity index (χ0) is 17.0. The highest BCUT2D eigenvalue weighted by Crippen LogP contribution is 2.20. The van der Waals surface area contributed by atoms with Crippen LogP contribution < -0.4 is 4.74 Å². The number of rotatable bonds is 5. The van der Waals surface area contributed by atoms with Crippen LogP contribution in [0.25, 0.3) is 0 Å². The molecule has 2 aromatic rings. The predicted molar refractivity (Wildman–Crippen MR) is 91.1 cm³/mol. The molecule has 0 saturated carbocycles. The molecule has 1 aliphatic rings. The van der Waals surface area contributed by atoms with E-state index in [2.05, 4.69) is 9.97 Å². The second-order valence-corrected chi connectivity index (χ2v) is 7.99. The standard InChI is InChI=1S/C17H21N3O3S/c1-14-5-2-6-15(11-14)13-24(21,22)20-10-3-7-16(12-20)23-17-18-8-4-9-19-17/h2,4-6,8-9,11,16H,3,7,10,12-13H2,1H3/t16-/m1/s1. The van der Waals surface area contributed by atoms with Crippen LogP contribution in [0.5, 0.6) is 6.01 Å². The third-order valence-electron chi connectivity index (χ3n) is 3.98. The fourth-order valence-electron chi connectivity index (χ4n) is 2.85. The Morgan fingerprint density at radius 3 is 2.79 bits per heavy atom. The summed E-state index contributed by atoms with van der Waals surface area (Å²) in [6, 6.07) is 9.61. The Labute approximate surface area is 142 Å². The summed E-state index contributed by atoms with van der Waals surface area (Å²) in [5.41, 5.74) is 1.87. The lowest BCUT2D eigenvalue weighted by Gasteiger charge is -2.31.